The molecule has 0 N–H and O–H groups in total. The number of ketones is 1. The average Bonchev–Trinajstić information content (AvgIpc) is 2.30. The van der Waals surface area contributed by atoms with E-state index in [-0.39, 0.29) is 5.78 Å². The SMILES string of the molecule is COCCCCOc1ccc(Br)cc1C(C)=O. The Morgan fingerprint density at radius 3 is 2.65 bits per heavy atom. The fraction of sp³-hybridized carbons (Fsp3) is 0.462. The van der Waals surface area contributed by atoms with Crippen LogP contribution < -0.4 is 4.74 Å². The molecule has 0 fully saturated rings. The molecular weight excluding hydrogens is 284 g/mol. The van der Waals surface area contributed by atoms with Gasteiger partial charge in [-0.1, -0.05) is 15.9 Å². The topological polar surface area (TPSA) is 35.5 Å². The summed E-state index contributed by atoms with van der Waals surface area (Å²) in [6.07, 6.45) is 1.88. The zero-order valence-electron chi connectivity index (χ0n) is 10.2. The third-order valence-corrected chi connectivity index (χ3v) is 2.81. The number of benzene rings is 1. The highest BCUT2D eigenvalue weighted by Gasteiger charge is 2.08. The van der Waals surface area contributed by atoms with Gasteiger partial charge >= 0.3 is 0 Å². The highest BCUT2D eigenvalue weighted by Crippen LogP contribution is 2.23. The lowest BCUT2D eigenvalue weighted by Gasteiger charge is -2.10. The number of rotatable bonds is 7. The molecule has 94 valence electrons. The number of ether oxygens (including phenoxy) is 2. The normalized spacial score (nSPS) is 10.3. The fourth-order valence-electron chi connectivity index (χ4n) is 1.43. The van der Waals surface area contributed by atoms with Gasteiger partial charge in [-0.15, -0.1) is 0 Å². The Morgan fingerprint density at radius 2 is 2.00 bits per heavy atom. The van der Waals surface area contributed by atoms with Crippen LogP contribution in [0.15, 0.2) is 22.7 Å². The third kappa shape index (κ3) is 4.88. The van der Waals surface area contributed by atoms with E-state index in [0.29, 0.717) is 17.9 Å². The van der Waals surface area contributed by atoms with Crippen molar-refractivity contribution in [3.63, 3.8) is 0 Å². The molecule has 0 heterocycles. The summed E-state index contributed by atoms with van der Waals surface area (Å²) in [5.74, 6) is 0.663. The Bertz CT molecular complexity index is 377. The first-order valence-corrected chi connectivity index (χ1v) is 6.36. The number of halogens is 1. The van der Waals surface area contributed by atoms with Crippen LogP contribution in [0.1, 0.15) is 30.1 Å². The van der Waals surface area contributed by atoms with E-state index in [9.17, 15) is 4.79 Å². The maximum Gasteiger partial charge on any atom is 0.163 e. The zero-order valence-corrected chi connectivity index (χ0v) is 11.7. The minimum Gasteiger partial charge on any atom is -0.493 e. The second-order valence-electron chi connectivity index (χ2n) is 3.75. The van der Waals surface area contributed by atoms with Gasteiger partial charge in [-0.2, -0.15) is 0 Å². The first-order chi connectivity index (χ1) is 8.15. The first-order valence-electron chi connectivity index (χ1n) is 5.57. The molecule has 17 heavy (non-hydrogen) atoms. The van der Waals surface area contributed by atoms with Gasteiger partial charge in [0, 0.05) is 18.2 Å². The number of hydrogen-bond acceptors (Lipinski definition) is 3. The van der Waals surface area contributed by atoms with Crippen LogP contribution in [-0.2, 0) is 4.74 Å². The Hall–Kier alpha value is -0.870. The summed E-state index contributed by atoms with van der Waals surface area (Å²) in [7, 11) is 1.68. The van der Waals surface area contributed by atoms with E-state index < -0.39 is 0 Å². The second-order valence-corrected chi connectivity index (χ2v) is 4.66. The molecule has 1 aromatic carbocycles. The van der Waals surface area contributed by atoms with Gasteiger partial charge in [0.1, 0.15) is 5.75 Å². The zero-order chi connectivity index (χ0) is 12.7. The molecule has 0 aromatic heterocycles. The molecule has 0 saturated carbocycles. The monoisotopic (exact) mass is 300 g/mol. The van der Waals surface area contributed by atoms with Crippen LogP contribution in [0, 0.1) is 0 Å². The van der Waals surface area contributed by atoms with Crippen molar-refractivity contribution in [2.24, 2.45) is 0 Å². The summed E-state index contributed by atoms with van der Waals surface area (Å²) in [5, 5.41) is 0. The molecular formula is C13H17BrO3. The standard InChI is InChI=1S/C13H17BrO3/c1-10(15)12-9-11(14)5-6-13(12)17-8-4-3-7-16-2/h5-6,9H,3-4,7-8H2,1-2H3. The van der Waals surface area contributed by atoms with E-state index in [2.05, 4.69) is 15.9 Å². The molecule has 0 amide bonds. The van der Waals surface area contributed by atoms with E-state index in [1.807, 2.05) is 12.1 Å². The molecule has 1 aromatic rings. The van der Waals surface area contributed by atoms with Crippen molar-refractivity contribution < 1.29 is 14.3 Å². The molecule has 4 heteroatoms. The molecule has 3 nitrogen and oxygen atoms in total. The molecule has 0 radical (unpaired) electrons. The van der Waals surface area contributed by atoms with Crippen LogP contribution >= 0.6 is 15.9 Å². The van der Waals surface area contributed by atoms with Gasteiger partial charge in [-0.05, 0) is 38.0 Å². The van der Waals surface area contributed by atoms with Crippen LogP contribution in [0.3, 0.4) is 0 Å². The van der Waals surface area contributed by atoms with E-state index in [1.165, 1.54) is 0 Å². The second kappa shape index (κ2) is 7.45. The number of carbonyl (C=O) groups is 1. The molecule has 0 aliphatic heterocycles. The smallest absolute Gasteiger partial charge is 0.163 e. The molecule has 1 rings (SSSR count). The lowest BCUT2D eigenvalue weighted by molar-refractivity contribution is 0.101. The quantitative estimate of drug-likeness (QED) is 0.571. The number of carbonyl (C=O) groups excluding carboxylic acids is 1. The molecule has 0 saturated heterocycles. The Balaban J connectivity index is 2.55. The maximum absolute atomic E-state index is 11.4. The predicted octanol–water partition coefficient (Wildman–Crippen LogP) is 3.46. The van der Waals surface area contributed by atoms with E-state index in [0.717, 1.165) is 23.9 Å². The Morgan fingerprint density at radius 1 is 1.29 bits per heavy atom. The molecule has 0 atom stereocenters. The summed E-state index contributed by atoms with van der Waals surface area (Å²) in [6, 6.07) is 5.47. The average molecular weight is 301 g/mol. The van der Waals surface area contributed by atoms with E-state index in [4.69, 9.17) is 9.47 Å². The third-order valence-electron chi connectivity index (χ3n) is 2.32. The van der Waals surface area contributed by atoms with Crippen molar-refractivity contribution in [1.29, 1.82) is 0 Å². The van der Waals surface area contributed by atoms with E-state index in [1.54, 1.807) is 20.1 Å². The van der Waals surface area contributed by atoms with E-state index >= 15 is 0 Å². The summed E-state index contributed by atoms with van der Waals surface area (Å²) >= 11 is 3.34. The number of hydrogen-bond donors (Lipinski definition) is 0. The lowest BCUT2D eigenvalue weighted by Crippen LogP contribution is -2.04. The minimum atomic E-state index is 0.0122. The highest BCUT2D eigenvalue weighted by atomic mass is 79.9. The van der Waals surface area contributed by atoms with Gasteiger partial charge in [0.15, 0.2) is 5.78 Å². The van der Waals surface area contributed by atoms with Crippen molar-refractivity contribution in [2.45, 2.75) is 19.8 Å². The summed E-state index contributed by atoms with van der Waals surface area (Å²) in [6.45, 7) is 2.88. The summed E-state index contributed by atoms with van der Waals surface area (Å²) < 4.78 is 11.4. The van der Waals surface area contributed by atoms with Crippen molar-refractivity contribution in [3.05, 3.63) is 28.2 Å². The van der Waals surface area contributed by atoms with Crippen molar-refractivity contribution in [3.8, 4) is 5.75 Å². The van der Waals surface area contributed by atoms with Gasteiger partial charge in [0.25, 0.3) is 0 Å². The summed E-state index contributed by atoms with van der Waals surface area (Å²) in [5.41, 5.74) is 0.617. The van der Waals surface area contributed by atoms with Crippen LogP contribution in [0.2, 0.25) is 0 Å². The molecule has 0 spiro atoms. The lowest BCUT2D eigenvalue weighted by atomic mass is 10.1. The molecule has 0 unspecified atom stereocenters. The summed E-state index contributed by atoms with van der Waals surface area (Å²) in [4.78, 5) is 11.4. The largest absolute Gasteiger partial charge is 0.493 e. The number of methoxy groups -OCH3 is 1. The van der Waals surface area contributed by atoms with Gasteiger partial charge in [-0.3, -0.25) is 4.79 Å². The van der Waals surface area contributed by atoms with Crippen LogP contribution in [-0.4, -0.2) is 26.1 Å². The van der Waals surface area contributed by atoms with Crippen molar-refractivity contribution in [2.75, 3.05) is 20.3 Å². The van der Waals surface area contributed by atoms with Crippen molar-refractivity contribution in [1.82, 2.24) is 0 Å². The first kappa shape index (κ1) is 14.2. The van der Waals surface area contributed by atoms with Gasteiger partial charge in [-0.25, -0.2) is 0 Å². The molecule has 0 aliphatic rings. The van der Waals surface area contributed by atoms with Gasteiger partial charge in [0.2, 0.25) is 0 Å². The minimum absolute atomic E-state index is 0.0122. The predicted molar refractivity (Wildman–Crippen MR) is 70.8 cm³/mol. The van der Waals surface area contributed by atoms with Gasteiger partial charge in [0.05, 0.1) is 12.2 Å². The molecule has 0 bridgehead atoms. The number of unbranched alkanes of at least 4 members (excludes halogenated alkanes) is 1. The van der Waals surface area contributed by atoms with Crippen LogP contribution in [0.5, 0.6) is 5.75 Å². The van der Waals surface area contributed by atoms with Crippen molar-refractivity contribution >= 4 is 21.7 Å². The fourth-order valence-corrected chi connectivity index (χ4v) is 1.79. The van der Waals surface area contributed by atoms with Crippen LogP contribution in [0.4, 0.5) is 0 Å². The Kier molecular flexibility index (Phi) is 6.22. The molecule has 0 aliphatic carbocycles. The maximum atomic E-state index is 11.4. The number of Topliss-reactive ketones (excluding diaryl/α,β-unsaturated/α-hetero) is 1. The highest BCUT2D eigenvalue weighted by molar-refractivity contribution is 9.10. The Labute approximate surface area is 110 Å². The van der Waals surface area contributed by atoms with Crippen LogP contribution in [0.25, 0.3) is 0 Å². The van der Waals surface area contributed by atoms with Gasteiger partial charge < -0.3 is 9.47 Å².